The van der Waals surface area contributed by atoms with Gasteiger partial charge in [0.15, 0.2) is 9.66 Å². The average molecular weight is 356 g/mol. The number of aromatic nitrogens is 4. The Morgan fingerprint density at radius 3 is 1.50 bits per heavy atom. The van der Waals surface area contributed by atoms with Crippen molar-refractivity contribution in [3.05, 3.63) is 36.7 Å². The van der Waals surface area contributed by atoms with Crippen molar-refractivity contribution < 1.29 is 9.47 Å². The molecule has 0 bridgehead atoms. The summed E-state index contributed by atoms with van der Waals surface area (Å²) in [5.74, 6) is 1.45. The summed E-state index contributed by atoms with van der Waals surface area (Å²) in [7, 11) is 3.24. The quantitative estimate of drug-likeness (QED) is 0.552. The van der Waals surface area contributed by atoms with Crippen LogP contribution in [-0.4, -0.2) is 34.2 Å². The molecule has 0 fully saturated rings. The Hall–Kier alpha value is -2.58. The largest absolute Gasteiger partial charge is 0.495 e. The van der Waals surface area contributed by atoms with Gasteiger partial charge >= 0.3 is 0 Å². The molecule has 0 N–H and O–H groups in total. The molecule has 0 aliphatic rings. The van der Waals surface area contributed by atoms with E-state index in [2.05, 4.69) is 19.9 Å². The van der Waals surface area contributed by atoms with Crippen LogP contribution in [0, 0.1) is 0 Å². The zero-order chi connectivity index (χ0) is 16.5. The second-order valence-corrected chi connectivity index (χ2v) is 6.77. The van der Waals surface area contributed by atoms with Crippen LogP contribution in [0.25, 0.3) is 31.1 Å². The number of methoxy groups -OCH3 is 2. The van der Waals surface area contributed by atoms with Gasteiger partial charge in [-0.15, -0.1) is 0 Å². The first-order valence-electron chi connectivity index (χ1n) is 7.05. The molecule has 24 heavy (non-hydrogen) atoms. The molecular formula is C16H12N4O2S2. The van der Waals surface area contributed by atoms with E-state index in [0.29, 0.717) is 0 Å². The van der Waals surface area contributed by atoms with Gasteiger partial charge in [-0.2, -0.15) is 0 Å². The minimum absolute atomic E-state index is 0.725. The predicted molar refractivity (Wildman–Crippen MR) is 94.9 cm³/mol. The first-order chi connectivity index (χ1) is 11.8. The van der Waals surface area contributed by atoms with Gasteiger partial charge in [0.2, 0.25) is 0 Å². The lowest BCUT2D eigenvalue weighted by Crippen LogP contribution is -1.86. The summed E-state index contributed by atoms with van der Waals surface area (Å²) in [6.45, 7) is 0. The van der Waals surface area contributed by atoms with Crippen LogP contribution in [0.2, 0.25) is 0 Å². The molecular weight excluding hydrogens is 344 g/mol. The molecule has 4 rings (SSSR count). The van der Waals surface area contributed by atoms with Crippen LogP contribution in [0.1, 0.15) is 0 Å². The molecule has 0 spiro atoms. The van der Waals surface area contributed by atoms with Gasteiger partial charge in [-0.1, -0.05) is 22.7 Å². The van der Waals surface area contributed by atoms with Crippen molar-refractivity contribution in [1.82, 2.24) is 19.9 Å². The molecule has 0 unspecified atom stereocenters. The third-order valence-electron chi connectivity index (χ3n) is 3.36. The lowest BCUT2D eigenvalue weighted by atomic mass is 10.3. The van der Waals surface area contributed by atoms with Crippen LogP contribution in [0.4, 0.5) is 0 Å². The molecule has 0 atom stereocenters. The summed E-state index contributed by atoms with van der Waals surface area (Å²) in [5, 5.41) is 1.70. The normalized spacial score (nSPS) is 10.9. The van der Waals surface area contributed by atoms with Gasteiger partial charge in [0.25, 0.3) is 0 Å². The Balaban J connectivity index is 1.66. The molecule has 0 amide bonds. The first-order valence-corrected chi connectivity index (χ1v) is 8.68. The van der Waals surface area contributed by atoms with Crippen molar-refractivity contribution in [2.45, 2.75) is 0 Å². The maximum absolute atomic E-state index is 5.12. The van der Waals surface area contributed by atoms with Crippen molar-refractivity contribution in [3.8, 4) is 32.9 Å². The summed E-state index contributed by atoms with van der Waals surface area (Å²) < 4.78 is 10.2. The Morgan fingerprint density at radius 1 is 0.708 bits per heavy atom. The van der Waals surface area contributed by atoms with E-state index < -0.39 is 0 Å². The Labute approximate surface area is 145 Å². The minimum Gasteiger partial charge on any atom is -0.495 e. The highest BCUT2D eigenvalue weighted by atomic mass is 32.1. The topological polar surface area (TPSA) is 70.0 Å². The molecule has 0 aliphatic heterocycles. The highest BCUT2D eigenvalue weighted by molar-refractivity contribution is 7.29. The van der Waals surface area contributed by atoms with Gasteiger partial charge in [-0.25, -0.2) is 19.9 Å². The van der Waals surface area contributed by atoms with E-state index in [0.717, 1.165) is 42.6 Å². The Bertz CT molecular complexity index is 869. The van der Waals surface area contributed by atoms with E-state index in [1.165, 1.54) is 22.7 Å². The van der Waals surface area contributed by atoms with E-state index in [1.54, 1.807) is 26.6 Å². The molecule has 4 aromatic rings. The number of thiazole rings is 2. The highest BCUT2D eigenvalue weighted by Crippen LogP contribution is 2.35. The maximum Gasteiger partial charge on any atom is 0.156 e. The Morgan fingerprint density at radius 2 is 1.17 bits per heavy atom. The maximum atomic E-state index is 5.12. The number of nitrogens with zero attached hydrogens (tertiary/aromatic N) is 4. The molecule has 0 aromatic carbocycles. The minimum atomic E-state index is 0.725. The number of hydrogen-bond acceptors (Lipinski definition) is 8. The molecule has 8 heteroatoms. The molecule has 6 nitrogen and oxygen atoms in total. The lowest BCUT2D eigenvalue weighted by molar-refractivity contribution is 0.413. The van der Waals surface area contributed by atoms with Gasteiger partial charge in [0, 0.05) is 0 Å². The second kappa shape index (κ2) is 6.14. The summed E-state index contributed by atoms with van der Waals surface area (Å²) in [6.07, 6.45) is 3.37. The van der Waals surface area contributed by atoms with Crippen LogP contribution in [0.15, 0.2) is 36.7 Å². The summed E-state index contributed by atoms with van der Waals surface area (Å²) in [4.78, 5) is 19.8. The number of fused-ring (bicyclic) bond motifs is 1. The fraction of sp³-hybridized carbons (Fsp3) is 0.125. The SMILES string of the molecule is COc1ccc(-c2nc3sc(-c4ccc(OC)cn4)nc3s2)nc1. The van der Waals surface area contributed by atoms with Crippen LogP contribution in [0.5, 0.6) is 11.5 Å². The van der Waals surface area contributed by atoms with Crippen molar-refractivity contribution in [3.63, 3.8) is 0 Å². The molecule has 4 aromatic heterocycles. The van der Waals surface area contributed by atoms with E-state index in [1.807, 2.05) is 24.3 Å². The fourth-order valence-electron chi connectivity index (χ4n) is 2.12. The van der Waals surface area contributed by atoms with Crippen LogP contribution in [0.3, 0.4) is 0 Å². The average Bonchev–Trinajstić information content (AvgIpc) is 3.21. The van der Waals surface area contributed by atoms with Crippen LogP contribution < -0.4 is 9.47 Å². The third kappa shape index (κ3) is 2.70. The Kier molecular flexibility index (Phi) is 3.83. The fourth-order valence-corrected chi connectivity index (χ4v) is 4.11. The van der Waals surface area contributed by atoms with Gasteiger partial charge in [0.1, 0.15) is 21.5 Å². The van der Waals surface area contributed by atoms with E-state index in [-0.39, 0.29) is 0 Å². The second-order valence-electron chi connectivity index (χ2n) is 4.81. The number of rotatable bonds is 4. The van der Waals surface area contributed by atoms with Gasteiger partial charge in [-0.3, -0.25) is 0 Å². The highest BCUT2D eigenvalue weighted by Gasteiger charge is 2.14. The monoisotopic (exact) mass is 356 g/mol. The molecule has 0 radical (unpaired) electrons. The number of hydrogen-bond donors (Lipinski definition) is 0. The third-order valence-corrected chi connectivity index (χ3v) is 5.43. The predicted octanol–water partition coefficient (Wildman–Crippen LogP) is 3.89. The summed E-state index contributed by atoms with van der Waals surface area (Å²) in [5.41, 5.74) is 1.63. The molecule has 120 valence electrons. The lowest BCUT2D eigenvalue weighted by Gasteiger charge is -1.99. The van der Waals surface area contributed by atoms with Crippen LogP contribution >= 0.6 is 22.7 Å². The summed E-state index contributed by atoms with van der Waals surface area (Å²) >= 11 is 3.04. The van der Waals surface area contributed by atoms with E-state index in [9.17, 15) is 0 Å². The van der Waals surface area contributed by atoms with E-state index in [4.69, 9.17) is 9.47 Å². The van der Waals surface area contributed by atoms with E-state index >= 15 is 0 Å². The van der Waals surface area contributed by atoms with Crippen molar-refractivity contribution in [2.24, 2.45) is 0 Å². The molecule has 4 heterocycles. The number of ether oxygens (including phenoxy) is 2. The number of pyridine rings is 2. The van der Waals surface area contributed by atoms with Gasteiger partial charge in [0.05, 0.1) is 38.0 Å². The zero-order valence-corrected chi connectivity index (χ0v) is 14.5. The molecule has 0 saturated carbocycles. The smallest absolute Gasteiger partial charge is 0.156 e. The summed E-state index contributed by atoms with van der Waals surface area (Å²) in [6, 6.07) is 7.54. The first kappa shape index (κ1) is 15.0. The van der Waals surface area contributed by atoms with Gasteiger partial charge in [-0.05, 0) is 24.3 Å². The molecule has 0 aliphatic carbocycles. The zero-order valence-electron chi connectivity index (χ0n) is 12.9. The van der Waals surface area contributed by atoms with Crippen molar-refractivity contribution in [1.29, 1.82) is 0 Å². The van der Waals surface area contributed by atoms with Gasteiger partial charge < -0.3 is 9.47 Å². The van der Waals surface area contributed by atoms with Crippen molar-refractivity contribution in [2.75, 3.05) is 14.2 Å². The van der Waals surface area contributed by atoms with Crippen LogP contribution in [-0.2, 0) is 0 Å². The molecule has 0 saturated heterocycles. The van der Waals surface area contributed by atoms with Crippen molar-refractivity contribution >= 4 is 32.3 Å². The standard InChI is InChI=1S/C16H12N4O2S2/c1-21-9-3-5-11(17-7-9)13-19-15-16(23-13)20-14(24-15)12-6-4-10(22-2)8-18-12/h3-8H,1-2H3.